The molecular formula is C14H15NO2. The van der Waals surface area contributed by atoms with Gasteiger partial charge in [0, 0.05) is 13.2 Å². The highest BCUT2D eigenvalue weighted by atomic mass is 16.5. The Hall–Kier alpha value is -2.03. The van der Waals surface area contributed by atoms with Gasteiger partial charge in [0.15, 0.2) is 0 Å². The first kappa shape index (κ1) is 11.5. The Kier molecular flexibility index (Phi) is 3.28. The molecule has 2 aromatic rings. The van der Waals surface area contributed by atoms with Gasteiger partial charge < -0.3 is 9.30 Å². The summed E-state index contributed by atoms with van der Waals surface area (Å²) in [5.74, 6) is -0.293. The summed E-state index contributed by atoms with van der Waals surface area (Å²) < 4.78 is 7.00. The van der Waals surface area contributed by atoms with Crippen LogP contribution < -0.4 is 0 Å². The van der Waals surface area contributed by atoms with Gasteiger partial charge >= 0.3 is 5.97 Å². The molecule has 1 aromatic heterocycles. The fraction of sp³-hybridized carbons (Fsp3) is 0.214. The van der Waals surface area contributed by atoms with E-state index in [0.29, 0.717) is 12.3 Å². The second-order valence-corrected chi connectivity index (χ2v) is 4.07. The second-order valence-electron chi connectivity index (χ2n) is 4.07. The van der Waals surface area contributed by atoms with Crippen LogP contribution in [0.2, 0.25) is 0 Å². The van der Waals surface area contributed by atoms with E-state index in [1.165, 1.54) is 0 Å². The number of rotatable bonds is 3. The zero-order valence-electron chi connectivity index (χ0n) is 10.0. The Morgan fingerprint density at radius 2 is 2.12 bits per heavy atom. The number of hydrogen-bond acceptors (Lipinski definition) is 2. The maximum absolute atomic E-state index is 11.7. The quantitative estimate of drug-likeness (QED) is 0.758. The Balaban J connectivity index is 1.99. The van der Waals surface area contributed by atoms with Crippen molar-refractivity contribution >= 4 is 5.97 Å². The third-order valence-electron chi connectivity index (χ3n) is 2.61. The van der Waals surface area contributed by atoms with Gasteiger partial charge in [-0.05, 0) is 24.6 Å². The standard InChI is InChI=1S/C14H15NO2/c1-11-5-3-6-12(9-11)10-17-14(16)13-7-4-8-15(13)2/h3-9H,10H2,1-2H3. The predicted octanol–water partition coefficient (Wildman–Crippen LogP) is 2.69. The Morgan fingerprint density at radius 1 is 1.29 bits per heavy atom. The minimum absolute atomic E-state index is 0.293. The van der Waals surface area contributed by atoms with Gasteiger partial charge in [-0.25, -0.2) is 4.79 Å². The zero-order chi connectivity index (χ0) is 12.3. The lowest BCUT2D eigenvalue weighted by molar-refractivity contribution is 0.0461. The minimum atomic E-state index is -0.293. The normalized spacial score (nSPS) is 10.2. The average molecular weight is 229 g/mol. The molecule has 2 rings (SSSR count). The van der Waals surface area contributed by atoms with Gasteiger partial charge in [0.05, 0.1) is 0 Å². The Bertz CT molecular complexity index is 529. The fourth-order valence-electron chi connectivity index (χ4n) is 1.70. The van der Waals surface area contributed by atoms with Crippen LogP contribution in [0.3, 0.4) is 0 Å². The molecule has 88 valence electrons. The molecule has 0 aliphatic carbocycles. The Morgan fingerprint density at radius 3 is 2.76 bits per heavy atom. The Labute approximate surface area is 101 Å². The molecule has 17 heavy (non-hydrogen) atoms. The summed E-state index contributed by atoms with van der Waals surface area (Å²) >= 11 is 0. The molecule has 1 aromatic carbocycles. The molecule has 3 heteroatoms. The third-order valence-corrected chi connectivity index (χ3v) is 2.61. The first-order valence-electron chi connectivity index (χ1n) is 5.51. The lowest BCUT2D eigenvalue weighted by Crippen LogP contribution is -2.09. The van der Waals surface area contributed by atoms with E-state index in [1.54, 1.807) is 10.6 Å². The molecule has 0 spiro atoms. The van der Waals surface area contributed by atoms with Gasteiger partial charge in [-0.2, -0.15) is 0 Å². The van der Waals surface area contributed by atoms with Crippen LogP contribution in [0, 0.1) is 6.92 Å². The predicted molar refractivity (Wildman–Crippen MR) is 65.7 cm³/mol. The van der Waals surface area contributed by atoms with Crippen molar-refractivity contribution in [3.63, 3.8) is 0 Å². The number of hydrogen-bond donors (Lipinski definition) is 0. The van der Waals surface area contributed by atoms with Crippen molar-refractivity contribution in [2.24, 2.45) is 7.05 Å². The summed E-state index contributed by atoms with van der Waals surface area (Å²) in [5, 5.41) is 0. The number of benzene rings is 1. The molecule has 0 unspecified atom stereocenters. The van der Waals surface area contributed by atoms with Crippen molar-refractivity contribution in [1.29, 1.82) is 0 Å². The van der Waals surface area contributed by atoms with E-state index in [9.17, 15) is 4.79 Å². The fourth-order valence-corrected chi connectivity index (χ4v) is 1.70. The van der Waals surface area contributed by atoms with Gasteiger partial charge in [-0.1, -0.05) is 29.8 Å². The van der Waals surface area contributed by atoms with E-state index in [-0.39, 0.29) is 5.97 Å². The average Bonchev–Trinajstić information content (AvgIpc) is 2.72. The van der Waals surface area contributed by atoms with Gasteiger partial charge in [0.2, 0.25) is 0 Å². The van der Waals surface area contributed by atoms with Crippen LogP contribution in [0.15, 0.2) is 42.6 Å². The van der Waals surface area contributed by atoms with Crippen LogP contribution in [0.1, 0.15) is 21.6 Å². The van der Waals surface area contributed by atoms with Crippen molar-refractivity contribution in [3.05, 3.63) is 59.4 Å². The summed E-state index contributed by atoms with van der Waals surface area (Å²) in [6.07, 6.45) is 1.82. The van der Waals surface area contributed by atoms with Crippen LogP contribution in [-0.2, 0) is 18.4 Å². The topological polar surface area (TPSA) is 31.2 Å². The highest BCUT2D eigenvalue weighted by Crippen LogP contribution is 2.08. The molecule has 0 amide bonds. The van der Waals surface area contributed by atoms with Gasteiger partial charge in [-0.15, -0.1) is 0 Å². The van der Waals surface area contributed by atoms with Crippen LogP contribution in [-0.4, -0.2) is 10.5 Å². The van der Waals surface area contributed by atoms with Gasteiger partial charge in [0.1, 0.15) is 12.3 Å². The molecule has 0 radical (unpaired) electrons. The van der Waals surface area contributed by atoms with Gasteiger partial charge in [-0.3, -0.25) is 0 Å². The van der Waals surface area contributed by atoms with Crippen LogP contribution >= 0.6 is 0 Å². The monoisotopic (exact) mass is 229 g/mol. The molecular weight excluding hydrogens is 214 g/mol. The molecule has 0 saturated carbocycles. The molecule has 3 nitrogen and oxygen atoms in total. The first-order chi connectivity index (χ1) is 8.16. The van der Waals surface area contributed by atoms with Crippen molar-refractivity contribution in [2.45, 2.75) is 13.5 Å². The summed E-state index contributed by atoms with van der Waals surface area (Å²) in [6.45, 7) is 2.33. The molecule has 0 aliphatic heterocycles. The summed E-state index contributed by atoms with van der Waals surface area (Å²) in [4.78, 5) is 11.7. The van der Waals surface area contributed by atoms with E-state index < -0.39 is 0 Å². The van der Waals surface area contributed by atoms with Gasteiger partial charge in [0.25, 0.3) is 0 Å². The number of esters is 1. The largest absolute Gasteiger partial charge is 0.456 e. The van der Waals surface area contributed by atoms with Crippen molar-refractivity contribution in [2.75, 3.05) is 0 Å². The third kappa shape index (κ3) is 2.75. The highest BCUT2D eigenvalue weighted by Gasteiger charge is 2.10. The van der Waals surface area contributed by atoms with Crippen LogP contribution in [0.4, 0.5) is 0 Å². The summed E-state index contributed by atoms with van der Waals surface area (Å²) in [5.41, 5.74) is 2.74. The van der Waals surface area contributed by atoms with Crippen LogP contribution in [0.25, 0.3) is 0 Å². The maximum atomic E-state index is 11.7. The van der Waals surface area contributed by atoms with Crippen molar-refractivity contribution in [3.8, 4) is 0 Å². The van der Waals surface area contributed by atoms with E-state index in [4.69, 9.17) is 4.74 Å². The van der Waals surface area contributed by atoms with E-state index in [1.807, 2.05) is 50.5 Å². The number of aromatic nitrogens is 1. The SMILES string of the molecule is Cc1cccc(COC(=O)c2cccn2C)c1. The van der Waals surface area contributed by atoms with Crippen LogP contribution in [0.5, 0.6) is 0 Å². The number of carbonyl (C=O) groups excluding carboxylic acids is 1. The minimum Gasteiger partial charge on any atom is -0.456 e. The highest BCUT2D eigenvalue weighted by molar-refractivity contribution is 5.87. The first-order valence-corrected chi connectivity index (χ1v) is 5.51. The lowest BCUT2D eigenvalue weighted by atomic mass is 10.1. The molecule has 0 saturated heterocycles. The number of nitrogens with zero attached hydrogens (tertiary/aromatic N) is 1. The molecule has 0 atom stereocenters. The zero-order valence-corrected chi connectivity index (χ0v) is 10.0. The van der Waals surface area contributed by atoms with E-state index in [0.717, 1.165) is 11.1 Å². The smallest absolute Gasteiger partial charge is 0.355 e. The lowest BCUT2D eigenvalue weighted by Gasteiger charge is -2.06. The molecule has 0 fully saturated rings. The molecule has 0 bridgehead atoms. The number of carbonyl (C=O) groups is 1. The number of ether oxygens (including phenoxy) is 1. The van der Waals surface area contributed by atoms with Crippen molar-refractivity contribution in [1.82, 2.24) is 4.57 Å². The molecule has 0 N–H and O–H groups in total. The second kappa shape index (κ2) is 4.87. The number of aryl methyl sites for hydroxylation is 2. The summed E-state index contributed by atoms with van der Waals surface area (Å²) in [7, 11) is 1.82. The molecule has 1 heterocycles. The van der Waals surface area contributed by atoms with E-state index >= 15 is 0 Å². The molecule has 0 aliphatic rings. The summed E-state index contributed by atoms with van der Waals surface area (Å²) in [6, 6.07) is 11.5. The van der Waals surface area contributed by atoms with E-state index in [2.05, 4.69) is 0 Å². The maximum Gasteiger partial charge on any atom is 0.355 e. The van der Waals surface area contributed by atoms with Crippen molar-refractivity contribution < 1.29 is 9.53 Å².